The van der Waals surface area contributed by atoms with Crippen LogP contribution in [0.4, 0.5) is 0 Å². The standard InChI is InChI=1S/C10H12IN3O4/c1-2-18-10(17)7-8-5(16)3-12-6(4-15)14(8)13-9(7)11/h6,12,15H,2-4H2,1H3. The van der Waals surface area contributed by atoms with Crippen LogP contribution in [-0.2, 0) is 4.74 Å². The van der Waals surface area contributed by atoms with Gasteiger partial charge < -0.3 is 9.84 Å². The minimum atomic E-state index is -0.560. The van der Waals surface area contributed by atoms with Gasteiger partial charge in [-0.05, 0) is 29.5 Å². The molecule has 1 aliphatic heterocycles. The third-order valence-electron chi connectivity index (χ3n) is 2.58. The fourth-order valence-electron chi connectivity index (χ4n) is 1.81. The molecular weight excluding hydrogens is 353 g/mol. The molecule has 98 valence electrons. The zero-order valence-electron chi connectivity index (χ0n) is 9.64. The maximum absolute atomic E-state index is 11.9. The van der Waals surface area contributed by atoms with E-state index in [1.807, 2.05) is 22.6 Å². The van der Waals surface area contributed by atoms with E-state index in [0.717, 1.165) is 0 Å². The molecule has 2 rings (SSSR count). The molecule has 1 aliphatic rings. The fraction of sp³-hybridized carbons (Fsp3) is 0.500. The fourth-order valence-corrected chi connectivity index (χ4v) is 2.51. The van der Waals surface area contributed by atoms with Crippen molar-refractivity contribution in [1.29, 1.82) is 0 Å². The quantitative estimate of drug-likeness (QED) is 0.576. The lowest BCUT2D eigenvalue weighted by Crippen LogP contribution is -2.42. The van der Waals surface area contributed by atoms with E-state index in [4.69, 9.17) is 4.74 Å². The Morgan fingerprint density at radius 1 is 1.72 bits per heavy atom. The van der Waals surface area contributed by atoms with Gasteiger partial charge in [-0.1, -0.05) is 0 Å². The molecule has 1 unspecified atom stereocenters. The van der Waals surface area contributed by atoms with Gasteiger partial charge in [0.05, 0.1) is 19.8 Å². The molecular formula is C10H12IN3O4. The van der Waals surface area contributed by atoms with Gasteiger partial charge >= 0.3 is 5.97 Å². The molecule has 0 saturated heterocycles. The monoisotopic (exact) mass is 365 g/mol. The second-order valence-electron chi connectivity index (χ2n) is 3.68. The molecule has 2 N–H and O–H groups in total. The van der Waals surface area contributed by atoms with Crippen molar-refractivity contribution < 1.29 is 19.4 Å². The summed E-state index contributed by atoms with van der Waals surface area (Å²) in [4.78, 5) is 23.7. The summed E-state index contributed by atoms with van der Waals surface area (Å²) in [5.74, 6) is -0.798. The summed E-state index contributed by atoms with van der Waals surface area (Å²) in [6.45, 7) is 1.79. The normalized spacial score (nSPS) is 18.6. The number of hydrogen-bond acceptors (Lipinski definition) is 6. The van der Waals surface area contributed by atoms with Crippen LogP contribution in [0.5, 0.6) is 0 Å². The molecule has 1 aromatic rings. The number of rotatable bonds is 3. The van der Waals surface area contributed by atoms with E-state index in [-0.39, 0.29) is 36.8 Å². The van der Waals surface area contributed by atoms with Crippen molar-refractivity contribution >= 4 is 34.3 Å². The van der Waals surface area contributed by atoms with E-state index in [0.29, 0.717) is 3.70 Å². The first-order valence-corrected chi connectivity index (χ1v) is 6.50. The van der Waals surface area contributed by atoms with E-state index in [1.54, 1.807) is 6.92 Å². The number of aliphatic hydroxyl groups excluding tert-OH is 1. The van der Waals surface area contributed by atoms with Crippen LogP contribution in [0.3, 0.4) is 0 Å². The number of aromatic nitrogens is 2. The Morgan fingerprint density at radius 2 is 2.44 bits per heavy atom. The van der Waals surface area contributed by atoms with E-state index >= 15 is 0 Å². The number of carbonyl (C=O) groups excluding carboxylic acids is 2. The lowest BCUT2D eigenvalue weighted by Gasteiger charge is -2.23. The number of esters is 1. The average molecular weight is 365 g/mol. The van der Waals surface area contributed by atoms with E-state index in [1.165, 1.54) is 4.68 Å². The summed E-state index contributed by atoms with van der Waals surface area (Å²) in [6, 6.07) is 0. The van der Waals surface area contributed by atoms with Crippen molar-refractivity contribution in [3.05, 3.63) is 15.0 Å². The smallest absolute Gasteiger partial charge is 0.343 e. The second-order valence-corrected chi connectivity index (χ2v) is 4.70. The summed E-state index contributed by atoms with van der Waals surface area (Å²) in [5, 5.41) is 16.2. The van der Waals surface area contributed by atoms with Crippen molar-refractivity contribution in [3.8, 4) is 0 Å². The van der Waals surface area contributed by atoms with Crippen LogP contribution >= 0.6 is 22.6 Å². The number of fused-ring (bicyclic) bond motifs is 1. The minimum Gasteiger partial charge on any atom is -0.462 e. The Bertz CT molecular complexity index is 500. The van der Waals surface area contributed by atoms with Crippen LogP contribution in [0.1, 0.15) is 33.9 Å². The highest BCUT2D eigenvalue weighted by Gasteiger charge is 2.34. The molecule has 18 heavy (non-hydrogen) atoms. The van der Waals surface area contributed by atoms with Crippen LogP contribution in [0.25, 0.3) is 0 Å². The summed E-state index contributed by atoms with van der Waals surface area (Å²) < 4.78 is 6.66. The van der Waals surface area contributed by atoms with Gasteiger partial charge in [0.2, 0.25) is 0 Å². The first-order chi connectivity index (χ1) is 8.60. The number of nitrogens with one attached hydrogen (secondary N) is 1. The molecule has 0 amide bonds. The summed E-state index contributed by atoms with van der Waals surface area (Å²) >= 11 is 1.88. The number of nitrogens with zero attached hydrogens (tertiary/aromatic N) is 2. The molecule has 0 saturated carbocycles. The number of halogens is 1. The lowest BCUT2D eigenvalue weighted by molar-refractivity contribution is 0.0519. The highest BCUT2D eigenvalue weighted by molar-refractivity contribution is 14.1. The zero-order chi connectivity index (χ0) is 13.3. The summed E-state index contributed by atoms with van der Waals surface area (Å²) in [5.41, 5.74) is 0.387. The van der Waals surface area contributed by atoms with Crippen molar-refractivity contribution in [2.75, 3.05) is 19.8 Å². The number of hydrogen-bond donors (Lipinski definition) is 2. The van der Waals surface area contributed by atoms with Gasteiger partial charge in [-0.25, -0.2) is 9.48 Å². The predicted molar refractivity (Wildman–Crippen MR) is 69.4 cm³/mol. The third-order valence-corrected chi connectivity index (χ3v) is 3.33. The molecule has 0 aliphatic carbocycles. The Labute approximate surface area is 117 Å². The van der Waals surface area contributed by atoms with Gasteiger partial charge in [0.1, 0.15) is 21.1 Å². The van der Waals surface area contributed by atoms with Crippen LogP contribution in [0.15, 0.2) is 0 Å². The molecule has 1 atom stereocenters. The lowest BCUT2D eigenvalue weighted by atomic mass is 10.1. The van der Waals surface area contributed by atoms with Crippen molar-refractivity contribution in [3.63, 3.8) is 0 Å². The Balaban J connectivity index is 2.52. The maximum atomic E-state index is 11.9. The molecule has 0 aromatic carbocycles. The number of ether oxygens (including phenoxy) is 1. The molecule has 8 heteroatoms. The Kier molecular flexibility index (Phi) is 3.97. The van der Waals surface area contributed by atoms with E-state index in [2.05, 4.69) is 10.4 Å². The van der Waals surface area contributed by atoms with Crippen LogP contribution in [-0.4, -0.2) is 46.4 Å². The average Bonchev–Trinajstić information content (AvgIpc) is 2.68. The van der Waals surface area contributed by atoms with Crippen molar-refractivity contribution in [2.24, 2.45) is 0 Å². The number of ketones is 1. The first kappa shape index (κ1) is 13.4. The molecule has 0 radical (unpaired) electrons. The maximum Gasteiger partial charge on any atom is 0.343 e. The highest BCUT2D eigenvalue weighted by atomic mass is 127. The molecule has 0 spiro atoms. The van der Waals surface area contributed by atoms with Crippen molar-refractivity contribution in [2.45, 2.75) is 13.1 Å². The van der Waals surface area contributed by atoms with Crippen LogP contribution in [0, 0.1) is 3.70 Å². The molecule has 7 nitrogen and oxygen atoms in total. The van der Waals surface area contributed by atoms with Crippen LogP contribution in [0.2, 0.25) is 0 Å². The number of Topliss-reactive ketones (excluding diaryl/α,β-unsaturated/α-hetero) is 1. The topological polar surface area (TPSA) is 93.5 Å². The molecule has 0 fully saturated rings. The first-order valence-electron chi connectivity index (χ1n) is 5.42. The van der Waals surface area contributed by atoms with Gasteiger partial charge in [-0.15, -0.1) is 0 Å². The van der Waals surface area contributed by atoms with Crippen molar-refractivity contribution in [1.82, 2.24) is 15.1 Å². The number of aliphatic hydroxyl groups is 1. The van der Waals surface area contributed by atoms with Gasteiger partial charge in [0.25, 0.3) is 0 Å². The molecule has 2 heterocycles. The van der Waals surface area contributed by atoms with Gasteiger partial charge in [0.15, 0.2) is 5.78 Å². The van der Waals surface area contributed by atoms with Gasteiger partial charge in [0, 0.05) is 0 Å². The zero-order valence-corrected chi connectivity index (χ0v) is 11.8. The van der Waals surface area contributed by atoms with Gasteiger partial charge in [-0.3, -0.25) is 10.1 Å². The number of carbonyl (C=O) groups is 2. The Morgan fingerprint density at radius 3 is 3.06 bits per heavy atom. The minimum absolute atomic E-state index is 0.0689. The predicted octanol–water partition coefficient (Wildman–Crippen LogP) is -0.0588. The third kappa shape index (κ3) is 2.15. The SMILES string of the molecule is CCOC(=O)c1c(I)nn2c1C(=O)CNC2CO. The molecule has 1 aromatic heterocycles. The summed E-state index contributed by atoms with van der Waals surface area (Å²) in [6.07, 6.45) is -0.491. The van der Waals surface area contributed by atoms with Gasteiger partial charge in [-0.2, -0.15) is 5.10 Å². The largest absolute Gasteiger partial charge is 0.462 e. The molecule has 0 bridgehead atoms. The van der Waals surface area contributed by atoms with E-state index < -0.39 is 12.1 Å². The van der Waals surface area contributed by atoms with E-state index in [9.17, 15) is 14.7 Å². The van der Waals surface area contributed by atoms with Crippen LogP contribution < -0.4 is 5.32 Å². The summed E-state index contributed by atoms with van der Waals surface area (Å²) in [7, 11) is 0. The Hall–Kier alpha value is -1.00. The highest BCUT2D eigenvalue weighted by Crippen LogP contribution is 2.23. The second kappa shape index (κ2) is 5.33.